The van der Waals surface area contributed by atoms with Crippen LogP contribution in [0.15, 0.2) is 9.59 Å². The van der Waals surface area contributed by atoms with Crippen LogP contribution in [0.1, 0.15) is 33.1 Å². The molecule has 2 heterocycles. The Morgan fingerprint density at radius 2 is 2.00 bits per heavy atom. The van der Waals surface area contributed by atoms with E-state index in [2.05, 4.69) is 4.98 Å². The molecule has 0 amide bonds. The second-order valence-corrected chi connectivity index (χ2v) is 6.36. The van der Waals surface area contributed by atoms with Gasteiger partial charge in [0.1, 0.15) is 4.70 Å². The highest BCUT2D eigenvalue weighted by Gasteiger charge is 2.19. The summed E-state index contributed by atoms with van der Waals surface area (Å²) in [5.41, 5.74) is 5.07. The first-order valence-electron chi connectivity index (χ1n) is 7.53. The first-order chi connectivity index (χ1) is 10.9. The first-order valence-corrected chi connectivity index (χ1v) is 8.34. The number of fused-ring (bicyclic) bond motifs is 1. The fourth-order valence-electron chi connectivity index (χ4n) is 2.51. The maximum absolute atomic E-state index is 12.6. The second kappa shape index (κ2) is 6.95. The maximum atomic E-state index is 12.6. The molecule has 2 rings (SSSR count). The predicted octanol–water partition coefficient (Wildman–Crippen LogP) is 1.11. The van der Waals surface area contributed by atoms with Crippen LogP contribution in [0.3, 0.4) is 0 Å². The monoisotopic (exact) mass is 340 g/mol. The Labute approximate surface area is 136 Å². The van der Waals surface area contributed by atoms with Crippen LogP contribution in [0.25, 0.3) is 10.3 Å². The highest BCUT2D eigenvalue weighted by molar-refractivity contribution is 7.21. The number of carbonyl (C=O) groups is 1. The number of carboxylic acid groups (broad SMARTS) is 1. The van der Waals surface area contributed by atoms with E-state index >= 15 is 0 Å². The van der Waals surface area contributed by atoms with E-state index in [0.717, 1.165) is 15.9 Å². The minimum absolute atomic E-state index is 0.0694. The van der Waals surface area contributed by atoms with E-state index in [1.54, 1.807) is 6.92 Å². The smallest absolute Gasteiger partial charge is 0.332 e. The van der Waals surface area contributed by atoms with Crippen LogP contribution in [0, 0.1) is 5.92 Å². The summed E-state index contributed by atoms with van der Waals surface area (Å²) in [4.78, 5) is 40.3. The predicted molar refractivity (Wildman–Crippen MR) is 88.9 cm³/mol. The van der Waals surface area contributed by atoms with Gasteiger partial charge in [0.2, 0.25) is 0 Å². The van der Waals surface area contributed by atoms with Gasteiger partial charge in [0.15, 0.2) is 10.8 Å². The lowest BCUT2D eigenvalue weighted by atomic mass is 10.0. The summed E-state index contributed by atoms with van der Waals surface area (Å²) in [6.45, 7) is 4.18. The van der Waals surface area contributed by atoms with E-state index in [9.17, 15) is 14.4 Å². The van der Waals surface area contributed by atoms with Gasteiger partial charge in [-0.1, -0.05) is 25.2 Å². The maximum Gasteiger partial charge on any atom is 0.332 e. The molecule has 0 saturated heterocycles. The fraction of sp³-hybridized carbons (Fsp3) is 0.571. The molecule has 3 N–H and O–H groups in total. The van der Waals surface area contributed by atoms with Crippen molar-refractivity contribution < 1.29 is 9.90 Å². The number of aliphatic carboxylic acids is 1. The molecule has 1 atom stereocenters. The van der Waals surface area contributed by atoms with Gasteiger partial charge in [-0.05, 0) is 19.3 Å². The summed E-state index contributed by atoms with van der Waals surface area (Å²) < 4.78 is 2.87. The Morgan fingerprint density at radius 1 is 1.30 bits per heavy atom. The third-order valence-corrected chi connectivity index (χ3v) is 4.63. The Morgan fingerprint density at radius 3 is 2.57 bits per heavy atom. The molecule has 8 nitrogen and oxygen atoms in total. The number of carboxylic acids is 1. The summed E-state index contributed by atoms with van der Waals surface area (Å²) in [5, 5.41) is 9.34. The molecule has 0 fully saturated rings. The number of nitrogens with two attached hydrogens (primary N) is 1. The van der Waals surface area contributed by atoms with Gasteiger partial charge in [-0.15, -0.1) is 0 Å². The zero-order valence-electron chi connectivity index (χ0n) is 13.1. The van der Waals surface area contributed by atoms with Gasteiger partial charge in [0, 0.05) is 13.1 Å². The number of nitrogen functional groups attached to an aromatic ring is 1. The molecule has 0 aromatic carbocycles. The largest absolute Gasteiger partial charge is 0.481 e. The SMILES string of the molecule is CCCn1c(=O)n(CCC(CC)C(=O)O)c(=O)c2sc(N)nc21. The molecule has 0 radical (unpaired) electrons. The molecule has 2 aromatic heterocycles. The van der Waals surface area contributed by atoms with Crippen LogP contribution in [-0.2, 0) is 17.9 Å². The van der Waals surface area contributed by atoms with Crippen LogP contribution in [0.5, 0.6) is 0 Å². The van der Waals surface area contributed by atoms with Crippen molar-refractivity contribution in [1.82, 2.24) is 14.1 Å². The van der Waals surface area contributed by atoms with Crippen molar-refractivity contribution in [2.75, 3.05) is 5.73 Å². The van der Waals surface area contributed by atoms with Gasteiger partial charge in [0.25, 0.3) is 5.56 Å². The molecular weight excluding hydrogens is 320 g/mol. The summed E-state index contributed by atoms with van der Waals surface area (Å²) in [6.07, 6.45) is 1.38. The van der Waals surface area contributed by atoms with E-state index in [-0.39, 0.29) is 18.1 Å². The molecule has 126 valence electrons. The van der Waals surface area contributed by atoms with Crippen LogP contribution in [0.2, 0.25) is 0 Å². The average Bonchev–Trinajstić information content (AvgIpc) is 2.88. The lowest BCUT2D eigenvalue weighted by Crippen LogP contribution is -2.40. The van der Waals surface area contributed by atoms with Crippen LogP contribution >= 0.6 is 11.3 Å². The number of hydrogen-bond donors (Lipinski definition) is 2. The summed E-state index contributed by atoms with van der Waals surface area (Å²) in [5.74, 6) is -1.50. The van der Waals surface area contributed by atoms with E-state index in [1.807, 2.05) is 6.92 Å². The zero-order chi connectivity index (χ0) is 17.1. The molecule has 1 unspecified atom stereocenters. The number of anilines is 1. The molecule has 0 bridgehead atoms. The van der Waals surface area contributed by atoms with Gasteiger partial charge in [-0.25, -0.2) is 9.78 Å². The zero-order valence-corrected chi connectivity index (χ0v) is 13.9. The van der Waals surface area contributed by atoms with Crippen molar-refractivity contribution in [3.05, 3.63) is 20.8 Å². The lowest BCUT2D eigenvalue weighted by molar-refractivity contribution is -0.142. The van der Waals surface area contributed by atoms with E-state index in [0.29, 0.717) is 29.7 Å². The van der Waals surface area contributed by atoms with Crippen molar-refractivity contribution in [2.45, 2.75) is 46.2 Å². The summed E-state index contributed by atoms with van der Waals surface area (Å²) in [6, 6.07) is 0. The van der Waals surface area contributed by atoms with E-state index in [1.165, 1.54) is 4.57 Å². The highest BCUT2D eigenvalue weighted by atomic mass is 32.1. The second-order valence-electron chi connectivity index (χ2n) is 5.33. The summed E-state index contributed by atoms with van der Waals surface area (Å²) >= 11 is 1.05. The van der Waals surface area contributed by atoms with Crippen LogP contribution < -0.4 is 17.0 Å². The Balaban J connectivity index is 2.53. The Hall–Kier alpha value is -2.16. The van der Waals surface area contributed by atoms with Crippen LogP contribution in [-0.4, -0.2) is 25.2 Å². The number of nitrogens with zero attached hydrogens (tertiary/aromatic N) is 3. The fourth-order valence-corrected chi connectivity index (χ4v) is 3.29. The average molecular weight is 340 g/mol. The molecule has 23 heavy (non-hydrogen) atoms. The quantitative estimate of drug-likeness (QED) is 0.779. The van der Waals surface area contributed by atoms with Gasteiger partial charge in [-0.2, -0.15) is 0 Å². The van der Waals surface area contributed by atoms with Crippen molar-refractivity contribution in [3.63, 3.8) is 0 Å². The standard InChI is InChI=1S/C14H20N4O4S/c1-3-6-17-10-9(23-13(15)16-10)11(19)18(14(17)22)7-5-8(4-2)12(20)21/h8H,3-7H2,1-2H3,(H2,15,16)(H,20,21). The van der Waals surface area contributed by atoms with Crippen molar-refractivity contribution in [2.24, 2.45) is 5.92 Å². The summed E-state index contributed by atoms with van der Waals surface area (Å²) in [7, 11) is 0. The van der Waals surface area contributed by atoms with Crippen molar-refractivity contribution >= 4 is 32.8 Å². The first kappa shape index (κ1) is 17.2. The topological polar surface area (TPSA) is 120 Å². The minimum Gasteiger partial charge on any atom is -0.481 e. The number of thiazole rings is 1. The lowest BCUT2D eigenvalue weighted by Gasteiger charge is -2.13. The van der Waals surface area contributed by atoms with Crippen LogP contribution in [0.4, 0.5) is 5.13 Å². The highest BCUT2D eigenvalue weighted by Crippen LogP contribution is 2.19. The molecule has 0 spiro atoms. The molecule has 0 saturated carbocycles. The molecule has 0 aliphatic heterocycles. The minimum atomic E-state index is -0.919. The Bertz CT molecular complexity index is 836. The van der Waals surface area contributed by atoms with Crippen molar-refractivity contribution in [3.8, 4) is 0 Å². The van der Waals surface area contributed by atoms with Gasteiger partial charge >= 0.3 is 11.7 Å². The number of rotatable bonds is 7. The molecule has 0 aliphatic carbocycles. The molecular formula is C14H20N4O4S. The number of hydrogen-bond acceptors (Lipinski definition) is 6. The van der Waals surface area contributed by atoms with Gasteiger partial charge < -0.3 is 10.8 Å². The Kier molecular flexibility index (Phi) is 5.19. The molecule has 0 aliphatic rings. The van der Waals surface area contributed by atoms with Gasteiger partial charge in [-0.3, -0.25) is 18.7 Å². The molecule has 9 heteroatoms. The van der Waals surface area contributed by atoms with E-state index in [4.69, 9.17) is 10.8 Å². The van der Waals surface area contributed by atoms with E-state index < -0.39 is 23.1 Å². The third kappa shape index (κ3) is 3.29. The number of aryl methyl sites for hydroxylation is 1. The normalized spacial score (nSPS) is 12.6. The third-order valence-electron chi connectivity index (χ3n) is 3.77. The van der Waals surface area contributed by atoms with Gasteiger partial charge in [0.05, 0.1) is 5.92 Å². The van der Waals surface area contributed by atoms with Crippen molar-refractivity contribution in [1.29, 1.82) is 0 Å². The molecule has 2 aromatic rings. The number of aromatic nitrogens is 3.